The van der Waals surface area contributed by atoms with E-state index in [1.54, 1.807) is 11.3 Å². The predicted molar refractivity (Wildman–Crippen MR) is 85.1 cm³/mol. The van der Waals surface area contributed by atoms with Crippen LogP contribution in [0.2, 0.25) is 0 Å². The summed E-state index contributed by atoms with van der Waals surface area (Å²) in [6.45, 7) is 6.74. The van der Waals surface area contributed by atoms with Crippen LogP contribution < -0.4 is 5.32 Å². The number of piperidine rings is 1. The predicted octanol–water partition coefficient (Wildman–Crippen LogP) is 2.92. The quantitative estimate of drug-likeness (QED) is 0.784. The van der Waals surface area contributed by atoms with E-state index in [0.717, 1.165) is 31.8 Å². The van der Waals surface area contributed by atoms with Gasteiger partial charge in [0.05, 0.1) is 0 Å². The Kier molecular flexibility index (Phi) is 6.54. The third kappa shape index (κ3) is 5.63. The summed E-state index contributed by atoms with van der Waals surface area (Å²) in [6.07, 6.45) is 5.20. The van der Waals surface area contributed by atoms with Crippen molar-refractivity contribution in [2.45, 2.75) is 39.0 Å². The lowest BCUT2D eigenvalue weighted by Gasteiger charge is -2.30. The first-order valence-corrected chi connectivity index (χ1v) is 8.63. The molecule has 0 unspecified atom stereocenters. The number of carbonyl (C=O) groups is 1. The zero-order chi connectivity index (χ0) is 14.2. The Labute approximate surface area is 126 Å². The second-order valence-electron chi connectivity index (χ2n) is 5.81. The minimum atomic E-state index is 0.186. The average Bonchev–Trinajstić information content (AvgIpc) is 2.96. The maximum atomic E-state index is 11.7. The molecule has 1 N–H and O–H groups in total. The largest absolute Gasteiger partial charge is 0.356 e. The first kappa shape index (κ1) is 15.5. The number of nitrogens with one attached hydrogen (secondary N) is 1. The molecular weight excluding hydrogens is 268 g/mol. The molecule has 2 heterocycles. The Hall–Kier alpha value is -0.870. The van der Waals surface area contributed by atoms with Gasteiger partial charge in [-0.3, -0.25) is 4.79 Å². The Balaban J connectivity index is 1.49. The highest BCUT2D eigenvalue weighted by atomic mass is 32.1. The van der Waals surface area contributed by atoms with Gasteiger partial charge < -0.3 is 10.2 Å². The van der Waals surface area contributed by atoms with Gasteiger partial charge in [0.25, 0.3) is 0 Å². The van der Waals surface area contributed by atoms with Crippen molar-refractivity contribution in [3.63, 3.8) is 0 Å². The van der Waals surface area contributed by atoms with Gasteiger partial charge in [-0.25, -0.2) is 0 Å². The van der Waals surface area contributed by atoms with Crippen molar-refractivity contribution >= 4 is 17.2 Å². The summed E-state index contributed by atoms with van der Waals surface area (Å²) in [7, 11) is 0. The van der Waals surface area contributed by atoms with Gasteiger partial charge in [-0.15, -0.1) is 11.3 Å². The number of aryl methyl sites for hydroxylation is 1. The molecule has 0 radical (unpaired) electrons. The van der Waals surface area contributed by atoms with Gasteiger partial charge >= 0.3 is 0 Å². The molecule has 1 aliphatic heterocycles. The van der Waals surface area contributed by atoms with Crippen molar-refractivity contribution in [2.75, 3.05) is 26.2 Å². The molecule has 1 aliphatic rings. The molecule has 0 aliphatic carbocycles. The third-order valence-electron chi connectivity index (χ3n) is 4.03. The van der Waals surface area contributed by atoms with Gasteiger partial charge in [-0.05, 0) is 62.7 Å². The highest BCUT2D eigenvalue weighted by Gasteiger charge is 2.14. The van der Waals surface area contributed by atoms with E-state index in [2.05, 4.69) is 28.6 Å². The van der Waals surface area contributed by atoms with Crippen molar-refractivity contribution in [1.82, 2.24) is 10.2 Å². The van der Waals surface area contributed by atoms with Crippen LogP contribution in [0.1, 0.15) is 37.5 Å². The third-order valence-corrected chi connectivity index (χ3v) is 4.96. The summed E-state index contributed by atoms with van der Waals surface area (Å²) in [4.78, 5) is 15.5. The van der Waals surface area contributed by atoms with Crippen LogP contribution in [0.4, 0.5) is 0 Å². The molecule has 1 fully saturated rings. The molecule has 1 amide bonds. The van der Waals surface area contributed by atoms with Crippen molar-refractivity contribution in [3.05, 3.63) is 22.4 Å². The minimum absolute atomic E-state index is 0.186. The molecule has 0 spiro atoms. The molecule has 0 aromatic carbocycles. The molecule has 1 aromatic rings. The molecular formula is C16H26N2OS. The van der Waals surface area contributed by atoms with E-state index < -0.39 is 0 Å². The fourth-order valence-electron chi connectivity index (χ4n) is 2.60. The second-order valence-corrected chi connectivity index (χ2v) is 6.84. The van der Waals surface area contributed by atoms with Crippen LogP contribution in [0, 0.1) is 5.92 Å². The fraction of sp³-hybridized carbons (Fsp3) is 0.688. The molecule has 0 bridgehead atoms. The van der Waals surface area contributed by atoms with E-state index in [1.807, 2.05) is 6.07 Å². The van der Waals surface area contributed by atoms with Crippen molar-refractivity contribution in [3.8, 4) is 0 Å². The molecule has 20 heavy (non-hydrogen) atoms. The van der Waals surface area contributed by atoms with Crippen LogP contribution >= 0.6 is 11.3 Å². The van der Waals surface area contributed by atoms with Gasteiger partial charge in [0.1, 0.15) is 0 Å². The normalized spacial score (nSPS) is 17.2. The molecule has 112 valence electrons. The molecule has 0 atom stereocenters. The zero-order valence-corrected chi connectivity index (χ0v) is 13.3. The van der Waals surface area contributed by atoms with Crippen LogP contribution in [0.15, 0.2) is 17.5 Å². The number of thiophene rings is 1. The highest BCUT2D eigenvalue weighted by molar-refractivity contribution is 7.09. The number of hydrogen-bond acceptors (Lipinski definition) is 3. The van der Waals surface area contributed by atoms with Crippen molar-refractivity contribution < 1.29 is 4.79 Å². The standard InChI is InChI=1S/C16H26N2OS/c1-14-7-11-18(12-8-14)10-3-9-17-16(19)6-5-15-4-2-13-20-15/h2,4,13-14H,3,5-12H2,1H3,(H,17,19). The smallest absolute Gasteiger partial charge is 0.220 e. The van der Waals surface area contributed by atoms with E-state index in [-0.39, 0.29) is 5.91 Å². The van der Waals surface area contributed by atoms with E-state index in [1.165, 1.54) is 30.8 Å². The van der Waals surface area contributed by atoms with E-state index >= 15 is 0 Å². The average molecular weight is 294 g/mol. The number of amides is 1. The Bertz CT molecular complexity index is 383. The molecule has 1 saturated heterocycles. The minimum Gasteiger partial charge on any atom is -0.356 e. The van der Waals surface area contributed by atoms with Crippen LogP contribution in [0.5, 0.6) is 0 Å². The van der Waals surface area contributed by atoms with Crippen LogP contribution in [0.25, 0.3) is 0 Å². The Morgan fingerprint density at radius 1 is 1.45 bits per heavy atom. The number of nitrogens with zero attached hydrogens (tertiary/aromatic N) is 1. The van der Waals surface area contributed by atoms with E-state index in [0.29, 0.717) is 6.42 Å². The van der Waals surface area contributed by atoms with Gasteiger partial charge in [-0.2, -0.15) is 0 Å². The van der Waals surface area contributed by atoms with Gasteiger partial charge in [-0.1, -0.05) is 13.0 Å². The molecule has 1 aromatic heterocycles. The highest BCUT2D eigenvalue weighted by Crippen LogP contribution is 2.15. The number of hydrogen-bond donors (Lipinski definition) is 1. The summed E-state index contributed by atoms with van der Waals surface area (Å²) in [5.74, 6) is 1.08. The summed E-state index contributed by atoms with van der Waals surface area (Å²) in [5.41, 5.74) is 0. The first-order valence-electron chi connectivity index (χ1n) is 7.75. The molecule has 3 nitrogen and oxygen atoms in total. The van der Waals surface area contributed by atoms with E-state index in [4.69, 9.17) is 0 Å². The van der Waals surface area contributed by atoms with Crippen LogP contribution in [-0.2, 0) is 11.2 Å². The molecule has 4 heteroatoms. The molecule has 2 rings (SSSR count). The summed E-state index contributed by atoms with van der Waals surface area (Å²) >= 11 is 1.73. The summed E-state index contributed by atoms with van der Waals surface area (Å²) in [6, 6.07) is 4.13. The van der Waals surface area contributed by atoms with Gasteiger partial charge in [0, 0.05) is 17.8 Å². The maximum Gasteiger partial charge on any atom is 0.220 e. The van der Waals surface area contributed by atoms with Crippen molar-refractivity contribution in [2.24, 2.45) is 5.92 Å². The van der Waals surface area contributed by atoms with Crippen LogP contribution in [-0.4, -0.2) is 37.0 Å². The van der Waals surface area contributed by atoms with Crippen molar-refractivity contribution in [1.29, 1.82) is 0 Å². The Morgan fingerprint density at radius 2 is 2.25 bits per heavy atom. The lowest BCUT2D eigenvalue weighted by Crippen LogP contribution is -2.35. The summed E-state index contributed by atoms with van der Waals surface area (Å²) in [5, 5.41) is 5.09. The van der Waals surface area contributed by atoms with Gasteiger partial charge in [0.15, 0.2) is 0 Å². The number of likely N-dealkylation sites (tertiary alicyclic amines) is 1. The second kappa shape index (κ2) is 8.42. The SMILES string of the molecule is CC1CCN(CCCNC(=O)CCc2cccs2)CC1. The summed E-state index contributed by atoms with van der Waals surface area (Å²) < 4.78 is 0. The number of carbonyl (C=O) groups excluding carboxylic acids is 1. The lowest BCUT2D eigenvalue weighted by atomic mass is 9.99. The first-order chi connectivity index (χ1) is 9.74. The fourth-order valence-corrected chi connectivity index (χ4v) is 3.31. The number of rotatable bonds is 7. The topological polar surface area (TPSA) is 32.3 Å². The van der Waals surface area contributed by atoms with Crippen LogP contribution in [0.3, 0.4) is 0 Å². The van der Waals surface area contributed by atoms with E-state index in [9.17, 15) is 4.79 Å². The Morgan fingerprint density at radius 3 is 2.95 bits per heavy atom. The maximum absolute atomic E-state index is 11.7. The monoisotopic (exact) mass is 294 g/mol. The zero-order valence-electron chi connectivity index (χ0n) is 12.4. The molecule has 0 saturated carbocycles. The van der Waals surface area contributed by atoms with Gasteiger partial charge in [0.2, 0.25) is 5.91 Å². The lowest BCUT2D eigenvalue weighted by molar-refractivity contribution is -0.121.